The average Bonchev–Trinajstić information content (AvgIpc) is 2.49. The lowest BCUT2D eigenvalue weighted by atomic mass is 10.2. The molecule has 22 heavy (non-hydrogen) atoms. The summed E-state index contributed by atoms with van der Waals surface area (Å²) < 4.78 is 1.01. The van der Waals surface area contributed by atoms with Crippen LogP contribution in [-0.2, 0) is 0 Å². The van der Waals surface area contributed by atoms with E-state index in [4.69, 9.17) is 0 Å². The molecular formula is C16H19BrN4O. The molecule has 2 N–H and O–H groups in total. The van der Waals surface area contributed by atoms with Gasteiger partial charge in [0.25, 0.3) is 5.91 Å². The highest BCUT2D eigenvalue weighted by Crippen LogP contribution is 2.20. The molecule has 116 valence electrons. The number of benzene rings is 1. The number of rotatable bonds is 5. The normalized spacial score (nSPS) is 10.6. The smallest absolute Gasteiger partial charge is 0.276 e. The molecule has 0 spiro atoms. The lowest BCUT2D eigenvalue weighted by molar-refractivity contribution is 0.102. The van der Waals surface area contributed by atoms with Crippen LogP contribution in [0.4, 0.5) is 11.5 Å². The van der Waals surface area contributed by atoms with Crippen LogP contribution in [0.1, 0.15) is 29.9 Å². The molecule has 2 rings (SSSR count). The van der Waals surface area contributed by atoms with Gasteiger partial charge in [-0.2, -0.15) is 0 Å². The highest BCUT2D eigenvalue weighted by molar-refractivity contribution is 9.10. The van der Waals surface area contributed by atoms with Gasteiger partial charge in [0, 0.05) is 16.7 Å². The topological polar surface area (TPSA) is 66.9 Å². The SMILES string of the molecule is Cc1cc(NC(=O)c2ccc(NCC(C)C)nn2)ccc1Br. The molecule has 0 aliphatic carbocycles. The Hall–Kier alpha value is -1.95. The van der Waals surface area contributed by atoms with Crippen molar-refractivity contribution < 1.29 is 4.79 Å². The molecule has 0 atom stereocenters. The van der Waals surface area contributed by atoms with E-state index in [1.54, 1.807) is 12.1 Å². The maximum Gasteiger partial charge on any atom is 0.276 e. The maximum atomic E-state index is 12.1. The average molecular weight is 363 g/mol. The summed E-state index contributed by atoms with van der Waals surface area (Å²) in [6.07, 6.45) is 0. The van der Waals surface area contributed by atoms with Crippen molar-refractivity contribution in [3.8, 4) is 0 Å². The number of amides is 1. The quantitative estimate of drug-likeness (QED) is 0.846. The molecule has 6 heteroatoms. The van der Waals surface area contributed by atoms with E-state index >= 15 is 0 Å². The van der Waals surface area contributed by atoms with E-state index in [9.17, 15) is 4.79 Å². The molecule has 0 unspecified atom stereocenters. The summed E-state index contributed by atoms with van der Waals surface area (Å²) in [7, 11) is 0. The summed E-state index contributed by atoms with van der Waals surface area (Å²) in [6, 6.07) is 9.05. The van der Waals surface area contributed by atoms with Crippen LogP contribution in [0.3, 0.4) is 0 Å². The van der Waals surface area contributed by atoms with Gasteiger partial charge in [-0.3, -0.25) is 4.79 Å². The Labute approximate surface area is 138 Å². The van der Waals surface area contributed by atoms with Crippen molar-refractivity contribution in [2.45, 2.75) is 20.8 Å². The Kier molecular flexibility index (Phi) is 5.49. The molecule has 0 saturated carbocycles. The number of anilines is 2. The first-order chi connectivity index (χ1) is 10.5. The summed E-state index contributed by atoms with van der Waals surface area (Å²) in [5.41, 5.74) is 2.07. The highest BCUT2D eigenvalue weighted by atomic mass is 79.9. The van der Waals surface area contributed by atoms with Crippen LogP contribution in [-0.4, -0.2) is 22.6 Å². The van der Waals surface area contributed by atoms with E-state index in [0.717, 1.165) is 22.3 Å². The number of nitrogens with zero attached hydrogens (tertiary/aromatic N) is 2. The molecular weight excluding hydrogens is 344 g/mol. The van der Waals surface area contributed by atoms with Gasteiger partial charge < -0.3 is 10.6 Å². The Morgan fingerprint density at radius 1 is 1.23 bits per heavy atom. The van der Waals surface area contributed by atoms with Crippen molar-refractivity contribution in [3.05, 3.63) is 46.1 Å². The highest BCUT2D eigenvalue weighted by Gasteiger charge is 2.09. The molecule has 5 nitrogen and oxygen atoms in total. The van der Waals surface area contributed by atoms with Crippen molar-refractivity contribution >= 4 is 33.3 Å². The van der Waals surface area contributed by atoms with Crippen molar-refractivity contribution in [2.75, 3.05) is 17.2 Å². The van der Waals surface area contributed by atoms with Gasteiger partial charge in [0.05, 0.1) is 0 Å². The minimum Gasteiger partial charge on any atom is -0.368 e. The van der Waals surface area contributed by atoms with Crippen LogP contribution in [0, 0.1) is 12.8 Å². The second kappa shape index (κ2) is 7.35. The van der Waals surface area contributed by atoms with Crippen LogP contribution >= 0.6 is 15.9 Å². The molecule has 2 aromatic rings. The van der Waals surface area contributed by atoms with E-state index in [1.807, 2.05) is 25.1 Å². The third-order valence-corrected chi connectivity index (χ3v) is 3.89. The molecule has 0 aliphatic heterocycles. The number of nitrogens with one attached hydrogen (secondary N) is 2. The Balaban J connectivity index is 2.01. The van der Waals surface area contributed by atoms with E-state index in [-0.39, 0.29) is 11.6 Å². The number of hydrogen-bond acceptors (Lipinski definition) is 4. The van der Waals surface area contributed by atoms with Crippen LogP contribution in [0.15, 0.2) is 34.8 Å². The molecule has 0 aliphatic rings. The number of carbonyl (C=O) groups is 1. The molecule has 0 fully saturated rings. The molecule has 0 radical (unpaired) electrons. The summed E-state index contributed by atoms with van der Waals surface area (Å²) >= 11 is 3.43. The van der Waals surface area contributed by atoms with Gasteiger partial charge in [-0.05, 0) is 48.7 Å². The second-order valence-electron chi connectivity index (χ2n) is 5.50. The fraction of sp³-hybridized carbons (Fsp3) is 0.312. The van der Waals surface area contributed by atoms with E-state index in [1.165, 1.54) is 0 Å². The summed E-state index contributed by atoms with van der Waals surface area (Å²) in [5.74, 6) is 0.916. The minimum absolute atomic E-state index is 0.273. The number of aryl methyl sites for hydroxylation is 1. The van der Waals surface area contributed by atoms with Crippen molar-refractivity contribution in [1.29, 1.82) is 0 Å². The number of aromatic nitrogens is 2. The number of halogens is 1. The van der Waals surface area contributed by atoms with Gasteiger partial charge in [-0.15, -0.1) is 10.2 Å². The lowest BCUT2D eigenvalue weighted by Crippen LogP contribution is -2.15. The molecule has 1 aromatic heterocycles. The predicted octanol–water partition coefficient (Wildman–Crippen LogP) is 3.87. The van der Waals surface area contributed by atoms with Gasteiger partial charge in [-0.25, -0.2) is 0 Å². The fourth-order valence-electron chi connectivity index (χ4n) is 1.77. The van der Waals surface area contributed by atoms with Crippen LogP contribution in [0.25, 0.3) is 0 Å². The first-order valence-corrected chi connectivity index (χ1v) is 7.90. The summed E-state index contributed by atoms with van der Waals surface area (Å²) in [6.45, 7) is 7.01. The van der Waals surface area contributed by atoms with Gasteiger partial charge in [0.1, 0.15) is 5.82 Å². The van der Waals surface area contributed by atoms with Crippen molar-refractivity contribution in [2.24, 2.45) is 5.92 Å². The van der Waals surface area contributed by atoms with Gasteiger partial charge in [0.15, 0.2) is 5.69 Å². The monoisotopic (exact) mass is 362 g/mol. The van der Waals surface area contributed by atoms with Crippen LogP contribution in [0.2, 0.25) is 0 Å². The van der Waals surface area contributed by atoms with Crippen molar-refractivity contribution in [1.82, 2.24) is 10.2 Å². The second-order valence-corrected chi connectivity index (χ2v) is 6.35. The van der Waals surface area contributed by atoms with E-state index in [0.29, 0.717) is 11.7 Å². The van der Waals surface area contributed by atoms with E-state index in [2.05, 4.69) is 50.6 Å². The minimum atomic E-state index is -0.273. The van der Waals surface area contributed by atoms with Gasteiger partial charge in [-0.1, -0.05) is 29.8 Å². The molecule has 0 bridgehead atoms. The third-order valence-electron chi connectivity index (χ3n) is 3.00. The largest absolute Gasteiger partial charge is 0.368 e. The molecule has 1 heterocycles. The van der Waals surface area contributed by atoms with Crippen LogP contribution in [0.5, 0.6) is 0 Å². The first-order valence-electron chi connectivity index (χ1n) is 7.11. The Morgan fingerprint density at radius 2 is 2.00 bits per heavy atom. The standard InChI is InChI=1S/C16H19BrN4O/c1-10(2)9-18-15-7-6-14(20-21-15)16(22)19-12-4-5-13(17)11(3)8-12/h4-8,10H,9H2,1-3H3,(H,18,21)(H,19,22). The van der Waals surface area contributed by atoms with E-state index < -0.39 is 0 Å². The number of carbonyl (C=O) groups excluding carboxylic acids is 1. The van der Waals surface area contributed by atoms with Crippen molar-refractivity contribution in [3.63, 3.8) is 0 Å². The summed E-state index contributed by atoms with van der Waals surface area (Å²) in [4.78, 5) is 12.1. The van der Waals surface area contributed by atoms with Crippen LogP contribution < -0.4 is 10.6 Å². The maximum absolute atomic E-state index is 12.1. The Morgan fingerprint density at radius 3 is 2.59 bits per heavy atom. The Bertz CT molecular complexity index is 656. The zero-order valence-electron chi connectivity index (χ0n) is 12.9. The molecule has 0 saturated heterocycles. The predicted molar refractivity (Wildman–Crippen MR) is 92.2 cm³/mol. The number of hydrogen-bond donors (Lipinski definition) is 2. The summed E-state index contributed by atoms with van der Waals surface area (Å²) in [5, 5.41) is 14.0. The zero-order chi connectivity index (χ0) is 16.1. The van der Waals surface area contributed by atoms with Gasteiger partial charge >= 0.3 is 0 Å². The van der Waals surface area contributed by atoms with Gasteiger partial charge in [0.2, 0.25) is 0 Å². The molecule has 1 amide bonds. The third kappa shape index (κ3) is 4.53. The molecule has 1 aromatic carbocycles. The fourth-order valence-corrected chi connectivity index (χ4v) is 2.02. The zero-order valence-corrected chi connectivity index (χ0v) is 14.4. The first kappa shape index (κ1) is 16.4. The lowest BCUT2D eigenvalue weighted by Gasteiger charge is -2.08.